The van der Waals surface area contributed by atoms with Crippen LogP contribution >= 0.6 is 0 Å². The zero-order valence-electron chi connectivity index (χ0n) is 13.9. The van der Waals surface area contributed by atoms with Crippen molar-refractivity contribution in [1.82, 2.24) is 0 Å². The van der Waals surface area contributed by atoms with Crippen LogP contribution < -0.4 is 22.1 Å². The molecule has 0 fully saturated rings. The van der Waals surface area contributed by atoms with Gasteiger partial charge in [0.1, 0.15) is 0 Å². The highest BCUT2D eigenvalue weighted by Crippen LogP contribution is 2.18. The van der Waals surface area contributed by atoms with Gasteiger partial charge in [0, 0.05) is 22.5 Å². The maximum Gasteiger partial charge on any atom is 0.255 e. The van der Waals surface area contributed by atoms with Crippen molar-refractivity contribution >= 4 is 34.6 Å². The molecule has 0 heterocycles. The summed E-state index contributed by atoms with van der Waals surface area (Å²) >= 11 is 0. The van der Waals surface area contributed by atoms with Gasteiger partial charge in [-0.2, -0.15) is 0 Å². The van der Waals surface area contributed by atoms with Gasteiger partial charge in [0.25, 0.3) is 11.8 Å². The third-order valence-electron chi connectivity index (χ3n) is 3.76. The van der Waals surface area contributed by atoms with Gasteiger partial charge in [-0.05, 0) is 54.6 Å². The maximum atomic E-state index is 12.3. The number of anilines is 4. The predicted molar refractivity (Wildman–Crippen MR) is 104 cm³/mol. The lowest BCUT2D eigenvalue weighted by Crippen LogP contribution is -2.15. The van der Waals surface area contributed by atoms with Crippen LogP contribution in [0.4, 0.5) is 22.7 Å². The molecule has 3 aromatic carbocycles. The van der Waals surface area contributed by atoms with Gasteiger partial charge < -0.3 is 22.1 Å². The van der Waals surface area contributed by atoms with Crippen molar-refractivity contribution in [1.29, 1.82) is 0 Å². The first-order valence-electron chi connectivity index (χ1n) is 7.96. The second kappa shape index (κ2) is 7.40. The Kier molecular flexibility index (Phi) is 4.85. The molecule has 6 nitrogen and oxygen atoms in total. The van der Waals surface area contributed by atoms with E-state index in [1.165, 1.54) is 0 Å². The second-order valence-corrected chi connectivity index (χ2v) is 5.70. The minimum atomic E-state index is -0.300. The number of nitrogens with one attached hydrogen (secondary N) is 2. The van der Waals surface area contributed by atoms with E-state index in [9.17, 15) is 9.59 Å². The highest BCUT2D eigenvalue weighted by molar-refractivity contribution is 6.08. The number of amides is 2. The van der Waals surface area contributed by atoms with Gasteiger partial charge in [-0.25, -0.2) is 0 Å². The molecule has 6 N–H and O–H groups in total. The number of para-hydroxylation sites is 2. The van der Waals surface area contributed by atoms with E-state index in [-0.39, 0.29) is 11.8 Å². The summed E-state index contributed by atoms with van der Waals surface area (Å²) in [6.45, 7) is 0. The van der Waals surface area contributed by atoms with E-state index in [2.05, 4.69) is 10.6 Å². The van der Waals surface area contributed by atoms with Gasteiger partial charge >= 0.3 is 0 Å². The third kappa shape index (κ3) is 3.99. The molecule has 0 unspecified atom stereocenters. The number of carbonyl (C=O) groups is 2. The molecule has 2 amide bonds. The van der Waals surface area contributed by atoms with Crippen molar-refractivity contribution in [3.63, 3.8) is 0 Å². The van der Waals surface area contributed by atoms with Crippen molar-refractivity contribution in [3.05, 3.63) is 83.9 Å². The summed E-state index contributed by atoms with van der Waals surface area (Å²) in [6, 6.07) is 20.3. The van der Waals surface area contributed by atoms with Crippen LogP contribution in [0.15, 0.2) is 72.8 Å². The minimum absolute atomic E-state index is 0.283. The van der Waals surface area contributed by atoms with Crippen molar-refractivity contribution in [3.8, 4) is 0 Å². The first kappa shape index (κ1) is 17.0. The fraction of sp³-hybridized carbons (Fsp3) is 0. The molecule has 0 aliphatic heterocycles. The second-order valence-electron chi connectivity index (χ2n) is 5.70. The SMILES string of the molecule is Nc1cccc(NC(=O)c2ccc(C(=O)Nc3ccccc3N)cc2)c1. The molecule has 0 saturated carbocycles. The van der Waals surface area contributed by atoms with E-state index >= 15 is 0 Å². The zero-order valence-corrected chi connectivity index (χ0v) is 13.9. The molecule has 6 heteroatoms. The topological polar surface area (TPSA) is 110 Å². The van der Waals surface area contributed by atoms with E-state index in [1.54, 1.807) is 72.8 Å². The van der Waals surface area contributed by atoms with Crippen LogP contribution in [-0.4, -0.2) is 11.8 Å². The van der Waals surface area contributed by atoms with Gasteiger partial charge in [-0.15, -0.1) is 0 Å². The maximum absolute atomic E-state index is 12.3. The molecular formula is C20H18N4O2. The lowest BCUT2D eigenvalue weighted by molar-refractivity contribution is 0.101. The van der Waals surface area contributed by atoms with Crippen molar-refractivity contribution in [2.45, 2.75) is 0 Å². The molecule has 3 rings (SSSR count). The Morgan fingerprint density at radius 3 is 1.92 bits per heavy atom. The molecule has 0 spiro atoms. The summed E-state index contributed by atoms with van der Waals surface area (Å²) < 4.78 is 0. The lowest BCUT2D eigenvalue weighted by atomic mass is 10.1. The number of carbonyl (C=O) groups excluding carboxylic acids is 2. The molecular weight excluding hydrogens is 328 g/mol. The van der Waals surface area contributed by atoms with Crippen LogP contribution in [0, 0.1) is 0 Å². The number of nitrogens with two attached hydrogens (primary N) is 2. The van der Waals surface area contributed by atoms with E-state index in [0.29, 0.717) is 33.9 Å². The Morgan fingerprint density at radius 2 is 1.31 bits per heavy atom. The zero-order chi connectivity index (χ0) is 18.5. The standard InChI is InChI=1S/C20H18N4O2/c21-15-4-3-5-16(12-15)23-19(25)13-8-10-14(11-9-13)20(26)24-18-7-2-1-6-17(18)22/h1-12H,21-22H2,(H,23,25)(H,24,26). The van der Waals surface area contributed by atoms with Gasteiger partial charge in [0.15, 0.2) is 0 Å². The van der Waals surface area contributed by atoms with Gasteiger partial charge in [0.05, 0.1) is 11.4 Å². The van der Waals surface area contributed by atoms with E-state index in [0.717, 1.165) is 0 Å². The summed E-state index contributed by atoms with van der Waals surface area (Å²) in [4.78, 5) is 24.6. The fourth-order valence-corrected chi connectivity index (χ4v) is 2.40. The Hall–Kier alpha value is -3.80. The van der Waals surface area contributed by atoms with Gasteiger partial charge in [0.2, 0.25) is 0 Å². The minimum Gasteiger partial charge on any atom is -0.399 e. The van der Waals surface area contributed by atoms with Crippen molar-refractivity contribution in [2.75, 3.05) is 22.1 Å². The number of nitrogen functional groups attached to an aromatic ring is 2. The van der Waals surface area contributed by atoms with Crippen molar-refractivity contribution < 1.29 is 9.59 Å². The highest BCUT2D eigenvalue weighted by Gasteiger charge is 2.10. The molecule has 130 valence electrons. The quantitative estimate of drug-likeness (QED) is 0.543. The summed E-state index contributed by atoms with van der Waals surface area (Å²) in [7, 11) is 0. The largest absolute Gasteiger partial charge is 0.399 e. The van der Waals surface area contributed by atoms with E-state index in [4.69, 9.17) is 11.5 Å². The van der Waals surface area contributed by atoms with E-state index in [1.807, 2.05) is 0 Å². The first-order valence-corrected chi connectivity index (χ1v) is 7.96. The molecule has 0 saturated heterocycles. The van der Waals surface area contributed by atoms with Crippen LogP contribution in [0.1, 0.15) is 20.7 Å². The molecule has 0 bridgehead atoms. The van der Waals surface area contributed by atoms with Gasteiger partial charge in [-0.1, -0.05) is 18.2 Å². The van der Waals surface area contributed by atoms with Crippen LogP contribution in [0.25, 0.3) is 0 Å². The summed E-state index contributed by atoms with van der Waals surface area (Å²) in [5.41, 5.74) is 14.6. The smallest absolute Gasteiger partial charge is 0.255 e. The average Bonchev–Trinajstić information content (AvgIpc) is 2.64. The average molecular weight is 346 g/mol. The number of benzene rings is 3. The third-order valence-corrected chi connectivity index (χ3v) is 3.76. The molecule has 26 heavy (non-hydrogen) atoms. The monoisotopic (exact) mass is 346 g/mol. The Labute approximate surface area is 150 Å². The van der Waals surface area contributed by atoms with Crippen LogP contribution in [0.2, 0.25) is 0 Å². The van der Waals surface area contributed by atoms with Gasteiger partial charge in [-0.3, -0.25) is 9.59 Å². The van der Waals surface area contributed by atoms with Crippen LogP contribution in [0.3, 0.4) is 0 Å². The fourth-order valence-electron chi connectivity index (χ4n) is 2.40. The molecule has 0 radical (unpaired) electrons. The molecule has 3 aromatic rings. The number of hydrogen-bond donors (Lipinski definition) is 4. The van der Waals surface area contributed by atoms with Crippen LogP contribution in [0.5, 0.6) is 0 Å². The molecule has 0 aliphatic rings. The Balaban J connectivity index is 1.68. The number of rotatable bonds is 4. The predicted octanol–water partition coefficient (Wildman–Crippen LogP) is 3.36. The van der Waals surface area contributed by atoms with Crippen molar-refractivity contribution in [2.24, 2.45) is 0 Å². The normalized spacial score (nSPS) is 10.2. The summed E-state index contributed by atoms with van der Waals surface area (Å²) in [5.74, 6) is -0.583. The number of hydrogen-bond acceptors (Lipinski definition) is 4. The molecule has 0 aromatic heterocycles. The molecule has 0 aliphatic carbocycles. The molecule has 0 atom stereocenters. The van der Waals surface area contributed by atoms with E-state index < -0.39 is 0 Å². The highest BCUT2D eigenvalue weighted by atomic mass is 16.2. The first-order chi connectivity index (χ1) is 12.5. The van der Waals surface area contributed by atoms with Crippen LogP contribution in [-0.2, 0) is 0 Å². The summed E-state index contributed by atoms with van der Waals surface area (Å²) in [5, 5.41) is 5.50. The lowest BCUT2D eigenvalue weighted by Gasteiger charge is -2.09. The Morgan fingerprint density at radius 1 is 0.692 bits per heavy atom. The Bertz CT molecular complexity index is 952. The summed E-state index contributed by atoms with van der Waals surface area (Å²) in [6.07, 6.45) is 0.